The zero-order chi connectivity index (χ0) is 25.6. The van der Waals surface area contributed by atoms with E-state index in [1.54, 1.807) is 6.20 Å². The number of halogens is 2. The van der Waals surface area contributed by atoms with Gasteiger partial charge >= 0.3 is 0 Å². The molecule has 2 fully saturated rings. The lowest BCUT2D eigenvalue weighted by Gasteiger charge is -2.32. The highest BCUT2D eigenvalue weighted by molar-refractivity contribution is 7.13. The van der Waals surface area contributed by atoms with Crippen LogP contribution in [0, 0.1) is 11.3 Å². The van der Waals surface area contributed by atoms with Gasteiger partial charge in [0.1, 0.15) is 0 Å². The number of thiazole rings is 1. The molecule has 2 saturated carbocycles. The van der Waals surface area contributed by atoms with Crippen molar-refractivity contribution in [2.24, 2.45) is 11.3 Å². The van der Waals surface area contributed by atoms with Gasteiger partial charge in [0.25, 0.3) is 17.0 Å². The second-order valence-electron chi connectivity index (χ2n) is 11.1. The number of hydrogen-bond acceptors (Lipinski definition) is 6. The number of hydrogen-bond donors (Lipinski definition) is 1. The van der Waals surface area contributed by atoms with Crippen molar-refractivity contribution in [3.63, 3.8) is 0 Å². The summed E-state index contributed by atoms with van der Waals surface area (Å²) in [6.45, 7) is 3.03. The summed E-state index contributed by atoms with van der Waals surface area (Å²) in [5.41, 5.74) is 2.93. The molecule has 9 heteroatoms. The number of rotatable bonds is 7. The van der Waals surface area contributed by atoms with E-state index in [0.717, 1.165) is 80.1 Å². The minimum Gasteiger partial charge on any atom is -0.464 e. The van der Waals surface area contributed by atoms with Gasteiger partial charge in [0.15, 0.2) is 6.61 Å². The van der Waals surface area contributed by atoms with Crippen molar-refractivity contribution in [2.45, 2.75) is 64.0 Å². The first kappa shape index (κ1) is 24.7. The molecule has 2 aliphatic carbocycles. The summed E-state index contributed by atoms with van der Waals surface area (Å²) in [7, 11) is 0. The number of fused-ring (bicyclic) bond motifs is 2. The molecule has 1 spiro atoms. The number of nitrogens with zero attached hydrogens (tertiary/aromatic N) is 3. The number of ether oxygens (including phenoxy) is 1. The van der Waals surface area contributed by atoms with Crippen molar-refractivity contribution < 1.29 is 18.3 Å². The topological polar surface area (TPSA) is 67.3 Å². The van der Waals surface area contributed by atoms with Crippen LogP contribution in [0.5, 0.6) is 5.19 Å². The van der Waals surface area contributed by atoms with Gasteiger partial charge in [-0.1, -0.05) is 23.5 Å². The number of benzene rings is 1. The van der Waals surface area contributed by atoms with Gasteiger partial charge in [0.05, 0.1) is 11.2 Å². The van der Waals surface area contributed by atoms with Gasteiger partial charge < -0.3 is 10.1 Å². The molecule has 0 radical (unpaired) electrons. The Balaban J connectivity index is 0.991. The van der Waals surface area contributed by atoms with Crippen LogP contribution in [-0.4, -0.2) is 52.4 Å². The lowest BCUT2D eigenvalue weighted by molar-refractivity contribution is -0.0230. The highest BCUT2D eigenvalue weighted by Crippen LogP contribution is 2.61. The first-order valence-corrected chi connectivity index (χ1v) is 14.0. The summed E-state index contributed by atoms with van der Waals surface area (Å²) in [6, 6.07) is 9.74. The first-order valence-electron chi connectivity index (χ1n) is 13.1. The second kappa shape index (κ2) is 9.58. The maximum Gasteiger partial charge on any atom is 0.278 e. The normalized spacial score (nSPS) is 25.7. The lowest BCUT2D eigenvalue weighted by Crippen LogP contribution is -2.39. The molecule has 3 aliphatic rings. The Morgan fingerprint density at radius 3 is 2.92 bits per heavy atom. The predicted octanol–water partition coefficient (Wildman–Crippen LogP) is 5.46. The largest absolute Gasteiger partial charge is 0.464 e. The summed E-state index contributed by atoms with van der Waals surface area (Å²) in [5, 5.41) is 4.53. The highest BCUT2D eigenvalue weighted by Gasteiger charge is 2.55. The van der Waals surface area contributed by atoms with Crippen LogP contribution in [0.3, 0.4) is 0 Å². The quantitative estimate of drug-likeness (QED) is 0.443. The Morgan fingerprint density at radius 1 is 1.27 bits per heavy atom. The number of carbonyl (C=O) groups excluding carboxylic acids is 1. The van der Waals surface area contributed by atoms with Crippen molar-refractivity contribution in [1.29, 1.82) is 0 Å². The van der Waals surface area contributed by atoms with Gasteiger partial charge in [-0.05, 0) is 68.1 Å². The molecule has 1 aliphatic heterocycles. The van der Waals surface area contributed by atoms with Gasteiger partial charge in [-0.15, -0.1) is 0 Å². The average Bonchev–Trinajstić information content (AvgIpc) is 3.35. The van der Waals surface area contributed by atoms with Gasteiger partial charge in [-0.25, -0.2) is 13.8 Å². The number of alkyl halides is 2. The first-order chi connectivity index (χ1) is 17.8. The Bertz CT molecular complexity index is 1290. The average molecular weight is 527 g/mol. The summed E-state index contributed by atoms with van der Waals surface area (Å²) < 4.78 is 31.5. The molecule has 6 nitrogen and oxygen atoms in total. The summed E-state index contributed by atoms with van der Waals surface area (Å²) >= 11 is 1.41. The van der Waals surface area contributed by atoms with E-state index < -0.39 is 12.5 Å². The molecular formula is C28H32F2N4O2S. The van der Waals surface area contributed by atoms with Crippen LogP contribution in [0.4, 0.5) is 8.78 Å². The third-order valence-electron chi connectivity index (χ3n) is 8.28. The van der Waals surface area contributed by atoms with E-state index in [0.29, 0.717) is 22.1 Å². The molecule has 0 unspecified atom stereocenters. The molecule has 3 heterocycles. The van der Waals surface area contributed by atoms with E-state index in [4.69, 9.17) is 4.74 Å². The smallest absolute Gasteiger partial charge is 0.278 e. The molecule has 1 amide bonds. The van der Waals surface area contributed by atoms with Crippen LogP contribution in [0.15, 0.2) is 36.5 Å². The van der Waals surface area contributed by atoms with Gasteiger partial charge in [0, 0.05) is 54.6 Å². The van der Waals surface area contributed by atoms with Crippen molar-refractivity contribution in [3.05, 3.63) is 52.7 Å². The molecule has 2 aromatic heterocycles. The molecule has 3 aromatic rings. The van der Waals surface area contributed by atoms with Gasteiger partial charge in [-0.2, -0.15) is 0 Å². The highest BCUT2D eigenvalue weighted by atomic mass is 32.1. The summed E-state index contributed by atoms with van der Waals surface area (Å²) in [5.74, 6) is -2.18. The van der Waals surface area contributed by atoms with Crippen LogP contribution >= 0.6 is 11.3 Å². The lowest BCUT2D eigenvalue weighted by atomic mass is 9.81. The zero-order valence-electron chi connectivity index (χ0n) is 21.0. The molecule has 0 saturated heterocycles. The molecule has 196 valence electrons. The fourth-order valence-corrected chi connectivity index (χ4v) is 7.06. The third kappa shape index (κ3) is 5.34. The molecular weight excluding hydrogens is 494 g/mol. The second-order valence-corrected chi connectivity index (χ2v) is 12.1. The standard InChI is InChI=1S/C28H32F2N4O2S/c1-27(29,30)17-36-26-33-23-16-34(13-9-24(23)37-26)15-18-14-28(18)10-7-19(8-11-28)32-25(35)21-4-2-6-22-20(21)5-3-12-31-22/h2-6,12,18-19H,7-11,13-17H2,1H3,(H,32,35)/t18-,19?,28?/m0/s1. The molecule has 0 bridgehead atoms. The minimum atomic E-state index is -2.85. The Hall–Kier alpha value is -2.65. The maximum atomic E-state index is 13.1. The SMILES string of the molecule is CC(F)(F)COc1nc2c(s1)CCN(C[C@@H]1CC13CCC(NC(=O)c1cccc4ncccc14)CC3)C2. The monoisotopic (exact) mass is 526 g/mol. The maximum absolute atomic E-state index is 13.1. The van der Waals surface area contributed by atoms with Crippen molar-refractivity contribution in [1.82, 2.24) is 20.2 Å². The molecule has 37 heavy (non-hydrogen) atoms. The third-order valence-corrected chi connectivity index (χ3v) is 9.35. The van der Waals surface area contributed by atoms with Crippen LogP contribution in [0.1, 0.15) is 60.0 Å². The van der Waals surface area contributed by atoms with Gasteiger partial charge in [0.2, 0.25) is 0 Å². The van der Waals surface area contributed by atoms with E-state index in [9.17, 15) is 13.6 Å². The van der Waals surface area contributed by atoms with E-state index in [-0.39, 0.29) is 11.9 Å². The number of carbonyl (C=O) groups is 1. The van der Waals surface area contributed by atoms with Crippen LogP contribution < -0.4 is 10.1 Å². The van der Waals surface area contributed by atoms with Gasteiger partial charge in [-0.3, -0.25) is 14.7 Å². The Morgan fingerprint density at radius 2 is 2.11 bits per heavy atom. The number of nitrogens with one attached hydrogen (secondary N) is 1. The summed E-state index contributed by atoms with van der Waals surface area (Å²) in [4.78, 5) is 25.5. The van der Waals surface area contributed by atoms with Crippen molar-refractivity contribution in [2.75, 3.05) is 19.7 Å². The van der Waals surface area contributed by atoms with Crippen LogP contribution in [0.25, 0.3) is 10.9 Å². The number of pyridine rings is 1. The molecule has 1 N–H and O–H groups in total. The molecule has 6 rings (SSSR count). The molecule has 1 atom stereocenters. The zero-order valence-corrected chi connectivity index (χ0v) is 21.8. The number of aromatic nitrogens is 2. The Labute approximate surface area is 219 Å². The van der Waals surface area contributed by atoms with E-state index in [2.05, 4.69) is 20.2 Å². The van der Waals surface area contributed by atoms with Crippen LogP contribution in [-0.2, 0) is 13.0 Å². The van der Waals surface area contributed by atoms with E-state index in [1.165, 1.54) is 17.8 Å². The van der Waals surface area contributed by atoms with E-state index >= 15 is 0 Å². The van der Waals surface area contributed by atoms with Crippen LogP contribution in [0.2, 0.25) is 0 Å². The fourth-order valence-electron chi connectivity index (χ4n) is 6.15. The fraction of sp³-hybridized carbons (Fsp3) is 0.536. The Kier molecular flexibility index (Phi) is 6.39. The van der Waals surface area contributed by atoms with Crippen molar-refractivity contribution >= 4 is 28.1 Å². The molecule has 1 aromatic carbocycles. The summed E-state index contributed by atoms with van der Waals surface area (Å²) in [6.07, 6.45) is 8.24. The van der Waals surface area contributed by atoms with Crippen molar-refractivity contribution in [3.8, 4) is 5.19 Å². The predicted molar refractivity (Wildman–Crippen MR) is 139 cm³/mol. The van der Waals surface area contributed by atoms with E-state index in [1.807, 2.05) is 30.3 Å². The number of amides is 1. The minimum absolute atomic E-state index is 0.00899.